The third-order valence-corrected chi connectivity index (χ3v) is 2.38. The Hall–Kier alpha value is -2.16. The second kappa shape index (κ2) is 7.43. The quantitative estimate of drug-likeness (QED) is 0.595. The van der Waals surface area contributed by atoms with Gasteiger partial charge in [0.2, 0.25) is 23.8 Å². The maximum absolute atomic E-state index is 11.7. The predicted octanol–water partition coefficient (Wildman–Crippen LogP) is -1.28. The summed E-state index contributed by atoms with van der Waals surface area (Å²) in [5, 5.41) is 2.72. The van der Waals surface area contributed by atoms with Crippen LogP contribution in [0.2, 0.25) is 0 Å². The molecule has 0 saturated carbocycles. The molecule has 0 atom stereocenters. The zero-order valence-corrected chi connectivity index (χ0v) is 12.3. The summed E-state index contributed by atoms with van der Waals surface area (Å²) in [5.74, 6) is 0.766. The van der Waals surface area contributed by atoms with Gasteiger partial charge in [-0.1, -0.05) is 0 Å². The summed E-state index contributed by atoms with van der Waals surface area (Å²) in [6.07, 6.45) is 0. The number of methoxy groups -OCH3 is 1. The maximum Gasteiger partial charge on any atom is 0.239 e. The summed E-state index contributed by atoms with van der Waals surface area (Å²) in [6.45, 7) is 1.06. The van der Waals surface area contributed by atoms with Gasteiger partial charge in [0.1, 0.15) is 0 Å². The lowest BCUT2D eigenvalue weighted by Crippen LogP contribution is -2.37. The number of nitrogens with two attached hydrogens (primary N) is 1. The lowest BCUT2D eigenvalue weighted by atomic mass is 10.5. The number of anilines is 3. The summed E-state index contributed by atoms with van der Waals surface area (Å²) < 4.78 is 4.86. The number of hydrogen-bond donors (Lipinski definition) is 2. The number of amides is 1. The average Bonchev–Trinajstić information content (AvgIpc) is 2.38. The fourth-order valence-corrected chi connectivity index (χ4v) is 1.37. The topological polar surface area (TPSA) is 110 Å². The van der Waals surface area contributed by atoms with Crippen molar-refractivity contribution >= 4 is 23.8 Å². The minimum Gasteiger partial charge on any atom is -0.383 e. The first-order valence-electron chi connectivity index (χ1n) is 6.09. The van der Waals surface area contributed by atoms with Crippen molar-refractivity contribution in [2.24, 2.45) is 0 Å². The van der Waals surface area contributed by atoms with Gasteiger partial charge in [0.05, 0.1) is 13.2 Å². The highest BCUT2D eigenvalue weighted by Crippen LogP contribution is 2.11. The van der Waals surface area contributed by atoms with Gasteiger partial charge < -0.3 is 25.6 Å². The molecular weight excluding hydrogens is 262 g/mol. The van der Waals surface area contributed by atoms with E-state index in [1.54, 1.807) is 38.1 Å². The first-order chi connectivity index (χ1) is 9.43. The van der Waals surface area contributed by atoms with Gasteiger partial charge in [0.15, 0.2) is 0 Å². The van der Waals surface area contributed by atoms with E-state index in [-0.39, 0.29) is 18.4 Å². The fraction of sp³-hybridized carbons (Fsp3) is 0.636. The van der Waals surface area contributed by atoms with Gasteiger partial charge in [-0.05, 0) is 0 Å². The Morgan fingerprint density at radius 2 is 1.90 bits per heavy atom. The Kier molecular flexibility index (Phi) is 5.91. The van der Waals surface area contributed by atoms with Crippen LogP contribution in [0.1, 0.15) is 0 Å². The molecule has 1 rings (SSSR count). The van der Waals surface area contributed by atoms with Crippen LogP contribution in [0.25, 0.3) is 0 Å². The molecule has 112 valence electrons. The molecule has 0 unspecified atom stereocenters. The van der Waals surface area contributed by atoms with Crippen LogP contribution in [-0.2, 0) is 9.53 Å². The Balaban J connectivity index is 2.67. The maximum atomic E-state index is 11.7. The van der Waals surface area contributed by atoms with E-state index in [0.29, 0.717) is 25.0 Å². The number of nitrogens with one attached hydrogen (secondary N) is 1. The summed E-state index contributed by atoms with van der Waals surface area (Å²) >= 11 is 0. The van der Waals surface area contributed by atoms with Gasteiger partial charge in [0, 0.05) is 34.8 Å². The van der Waals surface area contributed by atoms with Crippen LogP contribution < -0.4 is 20.9 Å². The Bertz CT molecular complexity index is 452. The van der Waals surface area contributed by atoms with Crippen LogP contribution in [0.4, 0.5) is 17.8 Å². The van der Waals surface area contributed by atoms with Crippen LogP contribution in [0.5, 0.6) is 0 Å². The first-order valence-corrected chi connectivity index (χ1v) is 6.09. The van der Waals surface area contributed by atoms with E-state index in [4.69, 9.17) is 10.5 Å². The van der Waals surface area contributed by atoms with E-state index in [9.17, 15) is 4.79 Å². The predicted molar refractivity (Wildman–Crippen MR) is 76.7 cm³/mol. The molecule has 9 heteroatoms. The number of nitrogens with zero attached hydrogens (tertiary/aromatic N) is 5. The molecule has 0 saturated heterocycles. The van der Waals surface area contributed by atoms with E-state index in [0.717, 1.165) is 0 Å². The summed E-state index contributed by atoms with van der Waals surface area (Å²) in [5.41, 5.74) is 5.63. The van der Waals surface area contributed by atoms with Crippen molar-refractivity contribution in [2.45, 2.75) is 0 Å². The van der Waals surface area contributed by atoms with Gasteiger partial charge >= 0.3 is 0 Å². The van der Waals surface area contributed by atoms with Crippen LogP contribution in [0.3, 0.4) is 0 Å². The van der Waals surface area contributed by atoms with Crippen molar-refractivity contribution in [2.75, 3.05) is 63.5 Å². The number of ether oxygens (including phenoxy) is 1. The smallest absolute Gasteiger partial charge is 0.239 e. The SMILES string of the molecule is COCCNC(=O)CN(C)c1nc(N)nc(N(C)C)n1. The molecule has 0 aromatic carbocycles. The monoisotopic (exact) mass is 283 g/mol. The third kappa shape index (κ3) is 4.84. The molecule has 1 amide bonds. The van der Waals surface area contributed by atoms with Crippen molar-refractivity contribution in [3.63, 3.8) is 0 Å². The molecule has 0 fully saturated rings. The second-order valence-corrected chi connectivity index (χ2v) is 4.39. The van der Waals surface area contributed by atoms with Crippen LogP contribution in [0, 0.1) is 0 Å². The van der Waals surface area contributed by atoms with E-state index >= 15 is 0 Å². The second-order valence-electron chi connectivity index (χ2n) is 4.39. The van der Waals surface area contributed by atoms with Crippen molar-refractivity contribution < 1.29 is 9.53 Å². The van der Waals surface area contributed by atoms with Gasteiger partial charge in [-0.15, -0.1) is 0 Å². The molecule has 0 bridgehead atoms. The number of aromatic nitrogens is 3. The van der Waals surface area contributed by atoms with Crippen LogP contribution >= 0.6 is 0 Å². The van der Waals surface area contributed by atoms with E-state index < -0.39 is 0 Å². The molecule has 20 heavy (non-hydrogen) atoms. The standard InChI is InChI=1S/C11H21N7O2/c1-17(2)10-14-9(12)15-11(16-10)18(3)7-8(19)13-5-6-20-4/h5-7H2,1-4H3,(H,13,19)(H2,12,14,15,16). The van der Waals surface area contributed by atoms with Crippen LogP contribution in [-0.4, -0.2) is 68.8 Å². The van der Waals surface area contributed by atoms with E-state index in [2.05, 4.69) is 20.3 Å². The number of likely N-dealkylation sites (N-methyl/N-ethyl adjacent to an activating group) is 1. The molecule has 0 radical (unpaired) electrons. The van der Waals surface area contributed by atoms with Gasteiger partial charge in [-0.3, -0.25) is 4.79 Å². The molecule has 9 nitrogen and oxygen atoms in total. The van der Waals surface area contributed by atoms with Gasteiger partial charge in [-0.25, -0.2) is 0 Å². The fourth-order valence-electron chi connectivity index (χ4n) is 1.37. The van der Waals surface area contributed by atoms with Crippen molar-refractivity contribution in [3.05, 3.63) is 0 Å². The molecule has 1 aromatic heterocycles. The minimum atomic E-state index is -0.144. The van der Waals surface area contributed by atoms with Crippen molar-refractivity contribution in [1.82, 2.24) is 20.3 Å². The Labute approximate surface area is 118 Å². The zero-order valence-electron chi connectivity index (χ0n) is 12.3. The lowest BCUT2D eigenvalue weighted by Gasteiger charge is -2.18. The molecule has 0 aliphatic rings. The highest BCUT2D eigenvalue weighted by atomic mass is 16.5. The zero-order chi connectivity index (χ0) is 15.1. The highest BCUT2D eigenvalue weighted by Gasteiger charge is 2.13. The summed E-state index contributed by atoms with van der Waals surface area (Å²) in [6, 6.07) is 0. The summed E-state index contributed by atoms with van der Waals surface area (Å²) in [7, 11) is 6.89. The molecule has 3 N–H and O–H groups in total. The molecule has 0 spiro atoms. The number of carbonyl (C=O) groups is 1. The molecule has 1 heterocycles. The molecule has 1 aromatic rings. The number of nitrogen functional groups attached to an aromatic ring is 1. The molecular formula is C11H21N7O2. The third-order valence-electron chi connectivity index (χ3n) is 2.38. The Morgan fingerprint density at radius 1 is 1.25 bits per heavy atom. The van der Waals surface area contributed by atoms with Gasteiger partial charge in [-0.2, -0.15) is 15.0 Å². The number of hydrogen-bond acceptors (Lipinski definition) is 8. The first kappa shape index (κ1) is 15.9. The molecule has 0 aliphatic carbocycles. The van der Waals surface area contributed by atoms with Crippen molar-refractivity contribution in [1.29, 1.82) is 0 Å². The normalized spacial score (nSPS) is 10.2. The average molecular weight is 283 g/mol. The summed E-state index contributed by atoms with van der Waals surface area (Å²) in [4.78, 5) is 27.2. The molecule has 0 aliphatic heterocycles. The number of rotatable bonds is 7. The largest absolute Gasteiger partial charge is 0.383 e. The van der Waals surface area contributed by atoms with Crippen molar-refractivity contribution in [3.8, 4) is 0 Å². The van der Waals surface area contributed by atoms with E-state index in [1.807, 2.05) is 0 Å². The Morgan fingerprint density at radius 3 is 2.50 bits per heavy atom. The minimum absolute atomic E-state index is 0.116. The highest BCUT2D eigenvalue weighted by molar-refractivity contribution is 5.80. The van der Waals surface area contributed by atoms with Gasteiger partial charge in [0.25, 0.3) is 0 Å². The van der Waals surface area contributed by atoms with E-state index in [1.165, 1.54) is 0 Å². The lowest BCUT2D eigenvalue weighted by molar-refractivity contribution is -0.119. The number of carbonyl (C=O) groups excluding carboxylic acids is 1. The van der Waals surface area contributed by atoms with Crippen LogP contribution in [0.15, 0.2) is 0 Å².